The third-order valence-corrected chi connectivity index (χ3v) is 7.48. The van der Waals surface area contributed by atoms with Gasteiger partial charge in [-0.05, 0) is 70.8 Å². The molecular formula is C36H23NO2. The quantitative estimate of drug-likeness (QED) is 0.261. The van der Waals surface area contributed by atoms with Crippen molar-refractivity contribution in [3.8, 4) is 22.3 Å². The van der Waals surface area contributed by atoms with Gasteiger partial charge in [-0.1, -0.05) is 84.9 Å². The summed E-state index contributed by atoms with van der Waals surface area (Å²) in [5.74, 6) is 0. The molecule has 1 N–H and O–H groups in total. The lowest BCUT2D eigenvalue weighted by Gasteiger charge is -2.10. The Bertz CT molecular complexity index is 2130. The molecule has 0 aliphatic carbocycles. The SMILES string of the molecule is c1ccc(-c2cccc3oc4cccc(Nc5ccc(-c6ccc7c(c6)oc6ccccc67)cc5)c4c23)cc1. The van der Waals surface area contributed by atoms with E-state index in [-0.39, 0.29) is 0 Å². The highest BCUT2D eigenvalue weighted by atomic mass is 16.3. The van der Waals surface area contributed by atoms with Crippen LogP contribution in [-0.4, -0.2) is 0 Å². The highest BCUT2D eigenvalue weighted by molar-refractivity contribution is 6.17. The average Bonchev–Trinajstić information content (AvgIpc) is 3.56. The number of anilines is 2. The van der Waals surface area contributed by atoms with Crippen molar-refractivity contribution in [2.45, 2.75) is 0 Å². The molecule has 39 heavy (non-hydrogen) atoms. The minimum absolute atomic E-state index is 0.870. The second kappa shape index (κ2) is 8.64. The van der Waals surface area contributed by atoms with Crippen LogP contribution in [0.2, 0.25) is 0 Å². The number of para-hydroxylation sites is 1. The van der Waals surface area contributed by atoms with E-state index in [2.05, 4.69) is 96.3 Å². The highest BCUT2D eigenvalue weighted by Gasteiger charge is 2.16. The predicted molar refractivity (Wildman–Crippen MR) is 162 cm³/mol. The number of hydrogen-bond donors (Lipinski definition) is 1. The molecule has 0 fully saturated rings. The molecule has 0 aliphatic rings. The van der Waals surface area contributed by atoms with Crippen molar-refractivity contribution in [2.75, 3.05) is 5.32 Å². The van der Waals surface area contributed by atoms with Crippen molar-refractivity contribution < 1.29 is 8.83 Å². The van der Waals surface area contributed by atoms with Crippen molar-refractivity contribution in [3.63, 3.8) is 0 Å². The molecule has 3 nitrogen and oxygen atoms in total. The second-order valence-electron chi connectivity index (χ2n) is 9.84. The summed E-state index contributed by atoms with van der Waals surface area (Å²) < 4.78 is 12.4. The number of rotatable bonds is 4. The van der Waals surface area contributed by atoms with Crippen LogP contribution in [-0.2, 0) is 0 Å². The average molecular weight is 502 g/mol. The van der Waals surface area contributed by atoms with Crippen molar-refractivity contribution >= 4 is 55.3 Å². The fourth-order valence-corrected chi connectivity index (χ4v) is 5.64. The van der Waals surface area contributed by atoms with Crippen molar-refractivity contribution in [3.05, 3.63) is 133 Å². The molecule has 6 aromatic carbocycles. The van der Waals surface area contributed by atoms with Crippen LogP contribution in [0.25, 0.3) is 66.1 Å². The van der Waals surface area contributed by atoms with Crippen LogP contribution in [0.4, 0.5) is 11.4 Å². The van der Waals surface area contributed by atoms with E-state index in [4.69, 9.17) is 8.83 Å². The number of benzene rings is 6. The molecule has 0 spiro atoms. The standard InChI is InChI=1S/C36H23NO2/c1-2-8-24(9-3-1)27-11-6-14-32-35(27)36-30(12-7-15-33(36)39-32)37-26-19-16-23(17-20-26)25-18-21-29-28-10-4-5-13-31(28)38-34(29)22-25/h1-22,37H. The minimum atomic E-state index is 0.870. The Morgan fingerprint density at radius 3 is 1.95 bits per heavy atom. The normalized spacial score (nSPS) is 11.6. The molecule has 0 atom stereocenters. The summed E-state index contributed by atoms with van der Waals surface area (Å²) in [6, 6.07) is 46.1. The van der Waals surface area contributed by atoms with Gasteiger partial charge in [0.1, 0.15) is 22.3 Å². The first-order valence-corrected chi connectivity index (χ1v) is 13.1. The Morgan fingerprint density at radius 2 is 1.08 bits per heavy atom. The second-order valence-corrected chi connectivity index (χ2v) is 9.84. The Kier molecular flexibility index (Phi) is 4.82. The van der Waals surface area contributed by atoms with Gasteiger partial charge < -0.3 is 14.2 Å². The molecule has 0 radical (unpaired) electrons. The molecular weight excluding hydrogens is 478 g/mol. The van der Waals surface area contributed by atoms with E-state index in [9.17, 15) is 0 Å². The monoisotopic (exact) mass is 501 g/mol. The summed E-state index contributed by atoms with van der Waals surface area (Å²) in [4.78, 5) is 0. The van der Waals surface area contributed by atoms with Gasteiger partial charge in [0.25, 0.3) is 0 Å². The molecule has 0 saturated heterocycles. The molecule has 3 heteroatoms. The van der Waals surface area contributed by atoms with E-state index in [1.54, 1.807) is 0 Å². The van der Waals surface area contributed by atoms with Gasteiger partial charge in [0.05, 0.1) is 11.1 Å². The van der Waals surface area contributed by atoms with Gasteiger partial charge >= 0.3 is 0 Å². The fourth-order valence-electron chi connectivity index (χ4n) is 5.64. The minimum Gasteiger partial charge on any atom is -0.456 e. The molecule has 2 aromatic heterocycles. The van der Waals surface area contributed by atoms with Gasteiger partial charge in [-0.25, -0.2) is 0 Å². The first-order chi connectivity index (χ1) is 19.3. The molecule has 8 rings (SSSR count). The van der Waals surface area contributed by atoms with Crippen LogP contribution < -0.4 is 5.32 Å². The van der Waals surface area contributed by atoms with E-state index in [1.165, 1.54) is 5.56 Å². The molecule has 8 aromatic rings. The Labute approximate surface area is 224 Å². The molecule has 0 amide bonds. The predicted octanol–water partition coefficient (Wildman–Crippen LogP) is 10.6. The van der Waals surface area contributed by atoms with E-state index >= 15 is 0 Å². The van der Waals surface area contributed by atoms with Gasteiger partial charge in [-0.15, -0.1) is 0 Å². The van der Waals surface area contributed by atoms with Crippen molar-refractivity contribution in [2.24, 2.45) is 0 Å². The van der Waals surface area contributed by atoms with Gasteiger partial charge in [-0.3, -0.25) is 0 Å². The summed E-state index contributed by atoms with van der Waals surface area (Å²) in [5, 5.41) is 8.15. The number of hydrogen-bond acceptors (Lipinski definition) is 3. The lowest BCUT2D eigenvalue weighted by atomic mass is 9.99. The number of fused-ring (bicyclic) bond motifs is 6. The Hall–Kier alpha value is -5.28. The molecule has 2 heterocycles. The highest BCUT2D eigenvalue weighted by Crippen LogP contribution is 2.41. The van der Waals surface area contributed by atoms with Gasteiger partial charge in [0.15, 0.2) is 0 Å². The van der Waals surface area contributed by atoms with Crippen LogP contribution in [0.3, 0.4) is 0 Å². The lowest BCUT2D eigenvalue weighted by Crippen LogP contribution is -1.91. The van der Waals surface area contributed by atoms with Crippen LogP contribution in [0.1, 0.15) is 0 Å². The van der Waals surface area contributed by atoms with Crippen molar-refractivity contribution in [1.82, 2.24) is 0 Å². The van der Waals surface area contributed by atoms with Gasteiger partial charge in [0, 0.05) is 21.8 Å². The summed E-state index contributed by atoms with van der Waals surface area (Å²) >= 11 is 0. The zero-order valence-corrected chi connectivity index (χ0v) is 21.0. The van der Waals surface area contributed by atoms with Crippen molar-refractivity contribution in [1.29, 1.82) is 0 Å². The number of furan rings is 2. The van der Waals surface area contributed by atoms with E-state index < -0.39 is 0 Å². The maximum Gasteiger partial charge on any atom is 0.137 e. The first kappa shape index (κ1) is 21.8. The topological polar surface area (TPSA) is 38.3 Å². The molecule has 184 valence electrons. The molecule has 0 bridgehead atoms. The lowest BCUT2D eigenvalue weighted by molar-refractivity contribution is 0.668. The molecule has 0 unspecified atom stereocenters. The van der Waals surface area contributed by atoms with Gasteiger partial charge in [-0.2, -0.15) is 0 Å². The Morgan fingerprint density at radius 1 is 0.410 bits per heavy atom. The largest absolute Gasteiger partial charge is 0.456 e. The van der Waals surface area contributed by atoms with Crippen LogP contribution in [0.5, 0.6) is 0 Å². The van der Waals surface area contributed by atoms with Gasteiger partial charge in [0.2, 0.25) is 0 Å². The zero-order chi connectivity index (χ0) is 25.8. The maximum absolute atomic E-state index is 6.28. The molecule has 0 aliphatic heterocycles. The van der Waals surface area contributed by atoms with E-state index in [1.807, 2.05) is 42.5 Å². The third-order valence-electron chi connectivity index (χ3n) is 7.48. The van der Waals surface area contributed by atoms with Crippen LogP contribution in [0, 0.1) is 0 Å². The smallest absolute Gasteiger partial charge is 0.137 e. The summed E-state index contributed by atoms with van der Waals surface area (Å²) in [6.07, 6.45) is 0. The van der Waals surface area contributed by atoms with E-state index in [0.717, 1.165) is 71.9 Å². The van der Waals surface area contributed by atoms with E-state index in [0.29, 0.717) is 0 Å². The first-order valence-electron chi connectivity index (χ1n) is 13.1. The summed E-state index contributed by atoms with van der Waals surface area (Å²) in [5.41, 5.74) is 10.2. The summed E-state index contributed by atoms with van der Waals surface area (Å²) in [6.45, 7) is 0. The van der Waals surface area contributed by atoms with Crippen LogP contribution in [0.15, 0.2) is 142 Å². The summed E-state index contributed by atoms with van der Waals surface area (Å²) in [7, 11) is 0. The maximum atomic E-state index is 6.28. The Balaban J connectivity index is 1.17. The zero-order valence-electron chi connectivity index (χ0n) is 21.0. The number of nitrogens with one attached hydrogen (secondary N) is 1. The van der Waals surface area contributed by atoms with Crippen LogP contribution >= 0.6 is 0 Å². The molecule has 0 saturated carbocycles. The third kappa shape index (κ3) is 3.59. The fraction of sp³-hybridized carbons (Fsp3) is 0.